The first-order valence-corrected chi connectivity index (χ1v) is 12.5. The van der Waals surface area contributed by atoms with Crippen LogP contribution in [0.5, 0.6) is 0 Å². The average Bonchev–Trinajstić information content (AvgIpc) is 3.39. The molecule has 182 valence electrons. The molecule has 2 aromatic carbocycles. The standard InChI is InChI=1S/C25H25ClN4O4S/c26-19-9-5-4-8-18(19)14-21(31)30-12-10-17(11-13-30)25-27-20(15-35-25)23(33)28-29-24(34)22(32)16-6-2-1-3-7-16/h1-9,15,17,22,32H,10-14H2,(H,28,33)(H,29,34). The lowest BCUT2D eigenvalue weighted by Crippen LogP contribution is -2.44. The van der Waals surface area contributed by atoms with Gasteiger partial charge in [0.25, 0.3) is 11.8 Å². The van der Waals surface area contributed by atoms with E-state index in [0.717, 1.165) is 23.4 Å². The number of rotatable bonds is 6. The van der Waals surface area contributed by atoms with Crippen LogP contribution in [0.15, 0.2) is 60.0 Å². The van der Waals surface area contributed by atoms with Gasteiger partial charge in [-0.05, 0) is 30.0 Å². The zero-order valence-electron chi connectivity index (χ0n) is 18.8. The number of benzene rings is 2. The fourth-order valence-electron chi connectivity index (χ4n) is 3.91. The van der Waals surface area contributed by atoms with Gasteiger partial charge < -0.3 is 10.0 Å². The first-order chi connectivity index (χ1) is 16.9. The van der Waals surface area contributed by atoms with Crippen LogP contribution in [-0.4, -0.2) is 45.8 Å². The van der Waals surface area contributed by atoms with E-state index in [2.05, 4.69) is 15.8 Å². The number of aromatic nitrogens is 1. The van der Waals surface area contributed by atoms with Gasteiger partial charge in [-0.2, -0.15) is 0 Å². The van der Waals surface area contributed by atoms with Gasteiger partial charge in [-0.1, -0.05) is 60.1 Å². The summed E-state index contributed by atoms with van der Waals surface area (Å²) in [6.07, 6.45) is 0.385. The van der Waals surface area contributed by atoms with Crippen molar-refractivity contribution in [3.05, 3.63) is 86.8 Å². The van der Waals surface area contributed by atoms with E-state index >= 15 is 0 Å². The summed E-state index contributed by atoms with van der Waals surface area (Å²) in [5.74, 6) is -1.10. The Balaban J connectivity index is 1.26. The Morgan fingerprint density at radius 2 is 1.74 bits per heavy atom. The molecule has 8 nitrogen and oxygen atoms in total. The highest BCUT2D eigenvalue weighted by Crippen LogP contribution is 2.30. The molecule has 3 N–H and O–H groups in total. The minimum Gasteiger partial charge on any atom is -0.378 e. The molecule has 0 bridgehead atoms. The van der Waals surface area contributed by atoms with Crippen LogP contribution in [0.4, 0.5) is 0 Å². The number of piperidine rings is 1. The van der Waals surface area contributed by atoms with Crippen molar-refractivity contribution >= 4 is 40.7 Å². The Labute approximate surface area is 211 Å². The molecule has 4 rings (SSSR count). The molecule has 1 unspecified atom stereocenters. The minimum absolute atomic E-state index is 0.0455. The smallest absolute Gasteiger partial charge is 0.289 e. The van der Waals surface area contributed by atoms with Crippen molar-refractivity contribution in [3.63, 3.8) is 0 Å². The maximum Gasteiger partial charge on any atom is 0.289 e. The fourth-order valence-corrected chi connectivity index (χ4v) is 5.08. The zero-order valence-corrected chi connectivity index (χ0v) is 20.4. The Morgan fingerprint density at radius 1 is 1.06 bits per heavy atom. The van der Waals surface area contributed by atoms with Crippen LogP contribution in [0.2, 0.25) is 5.02 Å². The maximum atomic E-state index is 12.7. The van der Waals surface area contributed by atoms with Gasteiger partial charge in [0.15, 0.2) is 6.10 Å². The number of hydrogen-bond acceptors (Lipinski definition) is 6. The third-order valence-electron chi connectivity index (χ3n) is 5.91. The minimum atomic E-state index is -1.40. The fraction of sp³-hybridized carbons (Fsp3) is 0.280. The first kappa shape index (κ1) is 24.8. The molecule has 1 fully saturated rings. The molecule has 1 aliphatic heterocycles. The molecule has 35 heavy (non-hydrogen) atoms. The van der Waals surface area contributed by atoms with Crippen molar-refractivity contribution in [3.8, 4) is 0 Å². The Hall–Kier alpha value is -3.27. The molecular formula is C25H25ClN4O4S. The van der Waals surface area contributed by atoms with Gasteiger partial charge in [0, 0.05) is 29.4 Å². The van der Waals surface area contributed by atoms with Gasteiger partial charge in [0.2, 0.25) is 5.91 Å². The van der Waals surface area contributed by atoms with Crippen molar-refractivity contribution in [2.45, 2.75) is 31.3 Å². The predicted octanol–water partition coefficient (Wildman–Crippen LogP) is 3.24. The van der Waals surface area contributed by atoms with Crippen molar-refractivity contribution in [1.82, 2.24) is 20.7 Å². The SMILES string of the molecule is O=C(NNC(=O)C(O)c1ccccc1)c1csc(C2CCN(C(=O)Cc3ccccc3Cl)CC2)n1. The molecule has 0 spiro atoms. The summed E-state index contributed by atoms with van der Waals surface area (Å²) >= 11 is 7.56. The largest absolute Gasteiger partial charge is 0.378 e. The molecule has 0 aliphatic carbocycles. The van der Waals surface area contributed by atoms with E-state index in [1.165, 1.54) is 11.3 Å². The molecule has 2 heterocycles. The first-order valence-electron chi connectivity index (χ1n) is 11.2. The molecule has 0 saturated carbocycles. The number of nitrogens with one attached hydrogen (secondary N) is 2. The van der Waals surface area contributed by atoms with Crippen molar-refractivity contribution < 1.29 is 19.5 Å². The number of hydrazine groups is 1. The van der Waals surface area contributed by atoms with Crippen molar-refractivity contribution in [2.24, 2.45) is 0 Å². The number of amides is 3. The molecule has 1 aromatic heterocycles. The van der Waals surface area contributed by atoms with E-state index in [-0.39, 0.29) is 23.9 Å². The van der Waals surface area contributed by atoms with Crippen molar-refractivity contribution in [1.29, 1.82) is 0 Å². The van der Waals surface area contributed by atoms with Crippen LogP contribution in [0.1, 0.15) is 51.5 Å². The number of hydrogen-bond donors (Lipinski definition) is 3. The summed E-state index contributed by atoms with van der Waals surface area (Å²) in [7, 11) is 0. The predicted molar refractivity (Wildman–Crippen MR) is 133 cm³/mol. The van der Waals surface area contributed by atoms with Crippen LogP contribution in [0.3, 0.4) is 0 Å². The van der Waals surface area contributed by atoms with Gasteiger partial charge >= 0.3 is 0 Å². The molecule has 3 aromatic rings. The number of likely N-dealkylation sites (tertiary alicyclic amines) is 1. The maximum absolute atomic E-state index is 12.7. The summed E-state index contributed by atoms with van der Waals surface area (Å²) in [6, 6.07) is 15.8. The van der Waals surface area contributed by atoms with Gasteiger partial charge in [0.1, 0.15) is 5.69 Å². The van der Waals surface area contributed by atoms with E-state index in [9.17, 15) is 19.5 Å². The number of aliphatic hydroxyl groups excluding tert-OH is 1. The summed E-state index contributed by atoms with van der Waals surface area (Å²) in [5, 5.41) is 13.1. The molecule has 1 saturated heterocycles. The second-order valence-corrected chi connectivity index (χ2v) is 9.55. The lowest BCUT2D eigenvalue weighted by Gasteiger charge is -2.31. The van der Waals surface area contributed by atoms with Gasteiger partial charge in [-0.3, -0.25) is 25.2 Å². The molecule has 3 amide bonds. The topological polar surface area (TPSA) is 112 Å². The molecule has 0 radical (unpaired) electrons. The highest BCUT2D eigenvalue weighted by Gasteiger charge is 2.27. The molecule has 1 aliphatic rings. The number of aliphatic hydroxyl groups is 1. The number of thiazole rings is 1. The monoisotopic (exact) mass is 512 g/mol. The number of carbonyl (C=O) groups is 3. The van der Waals surface area contributed by atoms with Gasteiger partial charge in [-0.25, -0.2) is 4.98 Å². The van der Waals surface area contributed by atoms with Crippen LogP contribution < -0.4 is 10.9 Å². The van der Waals surface area contributed by atoms with E-state index < -0.39 is 17.9 Å². The lowest BCUT2D eigenvalue weighted by molar-refractivity contribution is -0.131. The molecular weight excluding hydrogens is 488 g/mol. The zero-order chi connectivity index (χ0) is 24.8. The van der Waals surface area contributed by atoms with E-state index in [1.54, 1.807) is 41.8 Å². The quantitative estimate of drug-likeness (QED) is 0.439. The highest BCUT2D eigenvalue weighted by molar-refractivity contribution is 7.09. The van der Waals surface area contributed by atoms with Gasteiger partial charge in [0.05, 0.1) is 11.4 Å². The van der Waals surface area contributed by atoms with E-state index in [0.29, 0.717) is 23.7 Å². The van der Waals surface area contributed by atoms with Crippen LogP contribution in [0.25, 0.3) is 0 Å². The Bertz CT molecular complexity index is 1190. The highest BCUT2D eigenvalue weighted by atomic mass is 35.5. The number of nitrogens with zero attached hydrogens (tertiary/aromatic N) is 2. The summed E-state index contributed by atoms with van der Waals surface area (Å²) in [5.41, 5.74) is 5.96. The van der Waals surface area contributed by atoms with Gasteiger partial charge in [-0.15, -0.1) is 11.3 Å². The molecule has 10 heteroatoms. The lowest BCUT2D eigenvalue weighted by atomic mass is 9.97. The second kappa shape index (κ2) is 11.4. The van der Waals surface area contributed by atoms with E-state index in [4.69, 9.17) is 11.6 Å². The van der Waals surface area contributed by atoms with Crippen LogP contribution >= 0.6 is 22.9 Å². The molecule has 1 atom stereocenters. The summed E-state index contributed by atoms with van der Waals surface area (Å²) in [6.45, 7) is 1.23. The second-order valence-electron chi connectivity index (χ2n) is 8.25. The van der Waals surface area contributed by atoms with E-state index in [1.807, 2.05) is 23.1 Å². The number of carbonyl (C=O) groups excluding carboxylic acids is 3. The Kier molecular flexibility index (Phi) is 8.12. The third kappa shape index (κ3) is 6.25. The number of halogens is 1. The summed E-state index contributed by atoms with van der Waals surface area (Å²) in [4.78, 5) is 43.5. The average molecular weight is 513 g/mol. The Morgan fingerprint density at radius 3 is 2.46 bits per heavy atom. The van der Waals surface area contributed by atoms with Crippen LogP contribution in [0, 0.1) is 0 Å². The normalized spacial score (nSPS) is 14.9. The van der Waals surface area contributed by atoms with Crippen molar-refractivity contribution in [2.75, 3.05) is 13.1 Å². The third-order valence-corrected chi connectivity index (χ3v) is 7.29. The van der Waals surface area contributed by atoms with Crippen LogP contribution in [-0.2, 0) is 16.0 Å². The summed E-state index contributed by atoms with van der Waals surface area (Å²) < 4.78 is 0.